The summed E-state index contributed by atoms with van der Waals surface area (Å²) in [5.41, 5.74) is 3.64. The normalized spacial score (nSPS) is 15.5. The average Bonchev–Trinajstić information content (AvgIpc) is 3.18. The van der Waals surface area contributed by atoms with Crippen molar-refractivity contribution in [2.45, 2.75) is 19.6 Å². The lowest BCUT2D eigenvalue weighted by atomic mass is 10.1. The van der Waals surface area contributed by atoms with E-state index in [2.05, 4.69) is 22.3 Å². The van der Waals surface area contributed by atoms with Gasteiger partial charge in [0, 0.05) is 19.6 Å². The zero-order chi connectivity index (χ0) is 15.6. The maximum absolute atomic E-state index is 12.1. The van der Waals surface area contributed by atoms with E-state index >= 15 is 0 Å². The number of carbonyl (C=O) groups is 1. The number of ether oxygens (including phenoxy) is 2. The van der Waals surface area contributed by atoms with Gasteiger partial charge in [0.25, 0.3) is 0 Å². The Kier molecular flexibility index (Phi) is 3.63. The molecular formula is C18H18N2O3. The number of amides is 1. The van der Waals surface area contributed by atoms with Crippen LogP contribution in [-0.4, -0.2) is 24.1 Å². The summed E-state index contributed by atoms with van der Waals surface area (Å²) in [7, 11) is 0. The molecule has 1 amide bonds. The van der Waals surface area contributed by atoms with Crippen molar-refractivity contribution in [2.75, 3.05) is 13.3 Å². The molecule has 0 fully saturated rings. The van der Waals surface area contributed by atoms with Crippen LogP contribution in [0, 0.1) is 0 Å². The van der Waals surface area contributed by atoms with Crippen LogP contribution in [0.25, 0.3) is 0 Å². The molecule has 0 aliphatic carbocycles. The zero-order valence-corrected chi connectivity index (χ0v) is 12.7. The molecule has 0 atom stereocenters. The fraction of sp³-hybridized carbons (Fsp3) is 0.278. The van der Waals surface area contributed by atoms with E-state index in [0.29, 0.717) is 13.1 Å². The zero-order valence-electron chi connectivity index (χ0n) is 12.7. The Bertz CT molecular complexity index is 720. The number of nitrogens with zero attached hydrogens (tertiary/aromatic N) is 1. The summed E-state index contributed by atoms with van der Waals surface area (Å²) in [6.07, 6.45) is 0. The molecule has 2 heterocycles. The van der Waals surface area contributed by atoms with Gasteiger partial charge in [-0.3, -0.25) is 9.69 Å². The van der Waals surface area contributed by atoms with Crippen LogP contribution in [0.4, 0.5) is 0 Å². The van der Waals surface area contributed by atoms with Gasteiger partial charge in [-0.15, -0.1) is 0 Å². The Hall–Kier alpha value is -2.53. The minimum absolute atomic E-state index is 0.0375. The number of hydrogen-bond acceptors (Lipinski definition) is 4. The second kappa shape index (κ2) is 5.93. The average molecular weight is 310 g/mol. The van der Waals surface area contributed by atoms with Crippen molar-refractivity contribution < 1.29 is 14.3 Å². The van der Waals surface area contributed by atoms with Gasteiger partial charge in [0.2, 0.25) is 12.7 Å². The molecule has 0 unspecified atom stereocenters. The molecule has 0 spiro atoms. The number of benzene rings is 2. The monoisotopic (exact) mass is 310 g/mol. The van der Waals surface area contributed by atoms with Crippen LogP contribution in [0.2, 0.25) is 0 Å². The van der Waals surface area contributed by atoms with Gasteiger partial charge in [-0.1, -0.05) is 30.3 Å². The van der Waals surface area contributed by atoms with Crippen LogP contribution in [0.15, 0.2) is 42.5 Å². The third-order valence-corrected chi connectivity index (χ3v) is 4.20. The number of fused-ring (bicyclic) bond motifs is 2. The molecule has 2 aliphatic heterocycles. The molecule has 2 aromatic rings. The van der Waals surface area contributed by atoms with E-state index in [1.165, 1.54) is 11.1 Å². The van der Waals surface area contributed by atoms with Crippen molar-refractivity contribution in [3.8, 4) is 11.5 Å². The highest BCUT2D eigenvalue weighted by Crippen LogP contribution is 2.32. The van der Waals surface area contributed by atoms with Crippen molar-refractivity contribution in [3.63, 3.8) is 0 Å². The molecule has 0 saturated carbocycles. The quantitative estimate of drug-likeness (QED) is 0.939. The summed E-state index contributed by atoms with van der Waals surface area (Å²) < 4.78 is 10.6. The first-order valence-corrected chi connectivity index (χ1v) is 7.72. The van der Waals surface area contributed by atoms with E-state index in [0.717, 1.165) is 30.2 Å². The number of rotatable bonds is 4. The summed E-state index contributed by atoms with van der Waals surface area (Å²) in [4.78, 5) is 14.3. The fourth-order valence-electron chi connectivity index (χ4n) is 3.03. The van der Waals surface area contributed by atoms with Gasteiger partial charge in [0.15, 0.2) is 11.5 Å². The molecule has 2 aromatic carbocycles. The lowest BCUT2D eigenvalue weighted by molar-refractivity contribution is -0.122. The number of hydrogen-bond donors (Lipinski definition) is 1. The van der Waals surface area contributed by atoms with Crippen LogP contribution in [0.5, 0.6) is 11.5 Å². The van der Waals surface area contributed by atoms with Crippen LogP contribution < -0.4 is 14.8 Å². The van der Waals surface area contributed by atoms with Crippen molar-refractivity contribution >= 4 is 5.91 Å². The van der Waals surface area contributed by atoms with E-state index in [4.69, 9.17) is 9.47 Å². The van der Waals surface area contributed by atoms with Crippen LogP contribution in [-0.2, 0) is 24.4 Å². The predicted molar refractivity (Wildman–Crippen MR) is 85.0 cm³/mol. The van der Waals surface area contributed by atoms with Crippen LogP contribution in [0.3, 0.4) is 0 Å². The molecule has 5 nitrogen and oxygen atoms in total. The molecule has 4 rings (SSSR count). The second-order valence-electron chi connectivity index (χ2n) is 5.88. The van der Waals surface area contributed by atoms with E-state index in [1.54, 1.807) is 0 Å². The molecule has 118 valence electrons. The molecule has 2 aliphatic rings. The smallest absolute Gasteiger partial charge is 0.234 e. The van der Waals surface area contributed by atoms with Crippen molar-refractivity contribution in [3.05, 3.63) is 59.2 Å². The molecule has 5 heteroatoms. The Morgan fingerprint density at radius 1 is 1.04 bits per heavy atom. The van der Waals surface area contributed by atoms with E-state index in [1.807, 2.05) is 30.3 Å². The fourth-order valence-corrected chi connectivity index (χ4v) is 3.03. The lowest BCUT2D eigenvalue weighted by Gasteiger charge is -2.14. The van der Waals surface area contributed by atoms with Gasteiger partial charge < -0.3 is 14.8 Å². The molecule has 0 aromatic heterocycles. The SMILES string of the molecule is O=C(CN1Cc2ccccc2C1)NCc1ccc2c(c1)OCO2. The molecular weight excluding hydrogens is 292 g/mol. The minimum atomic E-state index is 0.0375. The minimum Gasteiger partial charge on any atom is -0.454 e. The Morgan fingerprint density at radius 2 is 1.78 bits per heavy atom. The van der Waals surface area contributed by atoms with Crippen LogP contribution in [0.1, 0.15) is 16.7 Å². The maximum atomic E-state index is 12.1. The maximum Gasteiger partial charge on any atom is 0.234 e. The van der Waals surface area contributed by atoms with Gasteiger partial charge in [-0.2, -0.15) is 0 Å². The van der Waals surface area contributed by atoms with Gasteiger partial charge >= 0.3 is 0 Å². The highest BCUT2D eigenvalue weighted by molar-refractivity contribution is 5.78. The standard InChI is InChI=1S/C18H18N2O3/c21-18(11-20-9-14-3-1-2-4-15(14)10-20)19-8-13-5-6-16-17(7-13)23-12-22-16/h1-7H,8-12H2,(H,19,21). The van der Waals surface area contributed by atoms with E-state index in [-0.39, 0.29) is 12.7 Å². The van der Waals surface area contributed by atoms with Crippen molar-refractivity contribution in [2.24, 2.45) is 0 Å². The first-order chi connectivity index (χ1) is 11.3. The van der Waals surface area contributed by atoms with Gasteiger partial charge in [-0.05, 0) is 28.8 Å². The third-order valence-electron chi connectivity index (χ3n) is 4.20. The molecule has 0 saturated heterocycles. The van der Waals surface area contributed by atoms with Gasteiger partial charge in [0.05, 0.1) is 6.54 Å². The highest BCUT2D eigenvalue weighted by Gasteiger charge is 2.20. The van der Waals surface area contributed by atoms with Gasteiger partial charge in [0.1, 0.15) is 0 Å². The van der Waals surface area contributed by atoms with Crippen molar-refractivity contribution in [1.82, 2.24) is 10.2 Å². The van der Waals surface area contributed by atoms with Crippen LogP contribution >= 0.6 is 0 Å². The summed E-state index contributed by atoms with van der Waals surface area (Å²) >= 11 is 0. The summed E-state index contributed by atoms with van der Waals surface area (Å²) in [5, 5.41) is 2.97. The lowest BCUT2D eigenvalue weighted by Crippen LogP contribution is -2.34. The molecule has 0 bridgehead atoms. The second-order valence-corrected chi connectivity index (χ2v) is 5.88. The molecule has 1 N–H and O–H groups in total. The largest absolute Gasteiger partial charge is 0.454 e. The van der Waals surface area contributed by atoms with E-state index < -0.39 is 0 Å². The first-order valence-electron chi connectivity index (χ1n) is 7.72. The molecule has 0 radical (unpaired) electrons. The Morgan fingerprint density at radius 3 is 2.57 bits per heavy atom. The number of carbonyl (C=O) groups excluding carboxylic acids is 1. The first kappa shape index (κ1) is 14.1. The number of nitrogens with one attached hydrogen (secondary N) is 1. The van der Waals surface area contributed by atoms with E-state index in [9.17, 15) is 4.79 Å². The Labute approximate surface area is 134 Å². The summed E-state index contributed by atoms with van der Waals surface area (Å²) in [6, 6.07) is 14.1. The Balaban J connectivity index is 1.30. The third kappa shape index (κ3) is 3.00. The summed E-state index contributed by atoms with van der Waals surface area (Å²) in [6.45, 7) is 2.86. The van der Waals surface area contributed by atoms with Gasteiger partial charge in [-0.25, -0.2) is 0 Å². The summed E-state index contributed by atoms with van der Waals surface area (Å²) in [5.74, 6) is 1.54. The topological polar surface area (TPSA) is 50.8 Å². The predicted octanol–water partition coefficient (Wildman–Crippen LogP) is 2.05. The highest BCUT2D eigenvalue weighted by atomic mass is 16.7. The molecule has 23 heavy (non-hydrogen) atoms. The van der Waals surface area contributed by atoms with Crippen molar-refractivity contribution in [1.29, 1.82) is 0 Å².